The third-order valence-electron chi connectivity index (χ3n) is 1.96. The Bertz CT molecular complexity index is 458. The molecule has 2 aromatic rings. The van der Waals surface area contributed by atoms with Gasteiger partial charge in [0.15, 0.2) is 0 Å². The zero-order valence-corrected chi connectivity index (χ0v) is 10.1. The van der Waals surface area contributed by atoms with Gasteiger partial charge in [-0.15, -0.1) is 4.37 Å². The molecule has 0 saturated heterocycles. The lowest BCUT2D eigenvalue weighted by Gasteiger charge is -2.04. The Labute approximate surface area is 102 Å². The number of aromatic nitrogens is 2. The molecule has 0 spiro atoms. The highest BCUT2D eigenvalue weighted by atomic mass is 35.5. The molecule has 4 nitrogen and oxygen atoms in total. The van der Waals surface area contributed by atoms with E-state index in [-0.39, 0.29) is 0 Å². The Morgan fingerprint density at radius 2 is 2.00 bits per heavy atom. The quantitative estimate of drug-likeness (QED) is 0.844. The first-order valence-corrected chi connectivity index (χ1v) is 5.64. The summed E-state index contributed by atoms with van der Waals surface area (Å²) in [5, 5.41) is 0.304. The van der Waals surface area contributed by atoms with Crippen molar-refractivity contribution in [2.45, 2.75) is 6.61 Å². The van der Waals surface area contributed by atoms with Gasteiger partial charge in [-0.2, -0.15) is 4.37 Å². The Morgan fingerprint density at radius 1 is 1.25 bits per heavy atom. The van der Waals surface area contributed by atoms with Crippen LogP contribution in [0.15, 0.2) is 24.3 Å². The van der Waals surface area contributed by atoms with Crippen molar-refractivity contribution in [1.82, 2.24) is 8.75 Å². The number of halogens is 1. The van der Waals surface area contributed by atoms with Gasteiger partial charge in [-0.3, -0.25) is 0 Å². The van der Waals surface area contributed by atoms with Gasteiger partial charge in [0.2, 0.25) is 5.15 Å². The summed E-state index contributed by atoms with van der Waals surface area (Å²) >= 11 is 6.78. The number of ether oxygens (including phenoxy) is 2. The van der Waals surface area contributed by atoms with Crippen LogP contribution in [0.5, 0.6) is 11.6 Å². The lowest BCUT2D eigenvalue weighted by molar-refractivity contribution is 0.296. The van der Waals surface area contributed by atoms with Crippen molar-refractivity contribution in [2.24, 2.45) is 0 Å². The minimum Gasteiger partial charge on any atom is -0.497 e. The second-order valence-electron chi connectivity index (χ2n) is 3.00. The van der Waals surface area contributed by atoms with E-state index < -0.39 is 0 Å². The second kappa shape index (κ2) is 5.14. The van der Waals surface area contributed by atoms with Crippen molar-refractivity contribution in [3.63, 3.8) is 0 Å². The summed E-state index contributed by atoms with van der Waals surface area (Å²) < 4.78 is 18.2. The van der Waals surface area contributed by atoms with Crippen LogP contribution >= 0.6 is 23.3 Å². The predicted molar refractivity (Wildman–Crippen MR) is 62.2 cm³/mol. The summed E-state index contributed by atoms with van der Waals surface area (Å²) in [6.07, 6.45) is 0. The van der Waals surface area contributed by atoms with Gasteiger partial charge in [-0.25, -0.2) is 0 Å². The van der Waals surface area contributed by atoms with Crippen molar-refractivity contribution in [3.05, 3.63) is 35.0 Å². The molecule has 0 radical (unpaired) electrons. The topological polar surface area (TPSA) is 44.2 Å². The molecule has 84 valence electrons. The molecule has 0 amide bonds. The van der Waals surface area contributed by atoms with E-state index in [0.717, 1.165) is 23.0 Å². The van der Waals surface area contributed by atoms with Gasteiger partial charge < -0.3 is 9.47 Å². The summed E-state index contributed by atoms with van der Waals surface area (Å²) in [6.45, 7) is 0.412. The van der Waals surface area contributed by atoms with Crippen molar-refractivity contribution >= 4 is 23.3 Å². The van der Waals surface area contributed by atoms with Crippen LogP contribution in [-0.2, 0) is 6.61 Å². The van der Waals surface area contributed by atoms with Crippen LogP contribution in [0.2, 0.25) is 5.15 Å². The highest BCUT2D eigenvalue weighted by Crippen LogP contribution is 2.21. The molecule has 2 rings (SSSR count). The fourth-order valence-corrected chi connectivity index (χ4v) is 1.77. The molecule has 6 heteroatoms. The molecule has 0 aliphatic carbocycles. The molecule has 16 heavy (non-hydrogen) atoms. The maximum Gasteiger partial charge on any atom is 0.265 e. The Kier molecular flexibility index (Phi) is 3.58. The van der Waals surface area contributed by atoms with Gasteiger partial charge in [0.05, 0.1) is 18.8 Å². The number of methoxy groups -OCH3 is 1. The number of benzene rings is 1. The van der Waals surface area contributed by atoms with E-state index in [4.69, 9.17) is 21.1 Å². The largest absolute Gasteiger partial charge is 0.497 e. The third-order valence-corrected chi connectivity index (χ3v) is 2.81. The van der Waals surface area contributed by atoms with E-state index in [1.165, 1.54) is 0 Å². The molecular weight excluding hydrogens is 248 g/mol. The average molecular weight is 257 g/mol. The lowest BCUT2D eigenvalue weighted by Crippen LogP contribution is -1.95. The van der Waals surface area contributed by atoms with Gasteiger partial charge in [0.1, 0.15) is 12.4 Å². The summed E-state index contributed by atoms with van der Waals surface area (Å²) in [7, 11) is 1.63. The third kappa shape index (κ3) is 2.62. The number of hydrogen-bond acceptors (Lipinski definition) is 5. The van der Waals surface area contributed by atoms with E-state index >= 15 is 0 Å². The smallest absolute Gasteiger partial charge is 0.265 e. The lowest BCUT2D eigenvalue weighted by atomic mass is 10.2. The number of nitrogens with zero attached hydrogens (tertiary/aromatic N) is 2. The highest BCUT2D eigenvalue weighted by Gasteiger charge is 2.06. The van der Waals surface area contributed by atoms with Crippen LogP contribution < -0.4 is 9.47 Å². The van der Waals surface area contributed by atoms with E-state index in [2.05, 4.69) is 8.75 Å². The first-order chi connectivity index (χ1) is 7.79. The average Bonchev–Trinajstić information content (AvgIpc) is 2.73. The Hall–Kier alpha value is -1.33. The molecule has 1 aromatic heterocycles. The predicted octanol–water partition coefficient (Wildman–Crippen LogP) is 2.78. The Morgan fingerprint density at radius 3 is 2.56 bits per heavy atom. The molecule has 0 fully saturated rings. The minimum absolute atomic E-state index is 0.304. The van der Waals surface area contributed by atoms with Crippen LogP contribution in [0.1, 0.15) is 5.56 Å². The first-order valence-electron chi connectivity index (χ1n) is 4.53. The first kappa shape index (κ1) is 11.2. The summed E-state index contributed by atoms with van der Waals surface area (Å²) in [5.74, 6) is 1.19. The molecule has 0 saturated carbocycles. The van der Waals surface area contributed by atoms with Crippen LogP contribution in [0, 0.1) is 0 Å². The van der Waals surface area contributed by atoms with E-state index in [9.17, 15) is 0 Å². The molecule has 1 aromatic carbocycles. The maximum absolute atomic E-state index is 5.75. The van der Waals surface area contributed by atoms with Crippen molar-refractivity contribution in [1.29, 1.82) is 0 Å². The van der Waals surface area contributed by atoms with E-state index in [0.29, 0.717) is 17.6 Å². The molecule has 0 atom stereocenters. The molecule has 0 unspecified atom stereocenters. The van der Waals surface area contributed by atoms with Gasteiger partial charge >= 0.3 is 0 Å². The SMILES string of the molecule is COc1ccc(COc2nsnc2Cl)cc1. The molecule has 0 bridgehead atoms. The van der Waals surface area contributed by atoms with Crippen molar-refractivity contribution in [2.75, 3.05) is 7.11 Å². The Balaban J connectivity index is 1.97. The van der Waals surface area contributed by atoms with Gasteiger partial charge in [-0.1, -0.05) is 23.7 Å². The maximum atomic E-state index is 5.75. The summed E-state index contributed by atoms with van der Waals surface area (Å²) in [5.41, 5.74) is 1.02. The number of hydrogen-bond donors (Lipinski definition) is 0. The van der Waals surface area contributed by atoms with E-state index in [1.54, 1.807) is 7.11 Å². The molecule has 0 N–H and O–H groups in total. The van der Waals surface area contributed by atoms with Crippen LogP contribution in [0.3, 0.4) is 0 Å². The van der Waals surface area contributed by atoms with Crippen LogP contribution in [-0.4, -0.2) is 15.9 Å². The van der Waals surface area contributed by atoms with Crippen LogP contribution in [0.4, 0.5) is 0 Å². The van der Waals surface area contributed by atoms with Gasteiger partial charge in [0, 0.05) is 0 Å². The monoisotopic (exact) mass is 256 g/mol. The summed E-state index contributed by atoms with van der Waals surface area (Å²) in [4.78, 5) is 0. The molecule has 1 heterocycles. The standard InChI is InChI=1S/C10H9ClN2O2S/c1-14-8-4-2-7(3-5-8)6-15-10-9(11)12-16-13-10/h2-5H,6H2,1H3. The van der Waals surface area contributed by atoms with Gasteiger partial charge in [0.25, 0.3) is 5.88 Å². The zero-order chi connectivity index (χ0) is 11.4. The fraction of sp³-hybridized carbons (Fsp3) is 0.200. The molecule has 0 aliphatic rings. The van der Waals surface area contributed by atoms with E-state index in [1.807, 2.05) is 24.3 Å². The number of rotatable bonds is 4. The summed E-state index contributed by atoms with van der Waals surface area (Å²) in [6, 6.07) is 7.60. The molecule has 0 aliphatic heterocycles. The normalized spacial score (nSPS) is 10.1. The highest BCUT2D eigenvalue weighted by molar-refractivity contribution is 6.99. The molecular formula is C10H9ClN2O2S. The van der Waals surface area contributed by atoms with Gasteiger partial charge in [-0.05, 0) is 17.7 Å². The van der Waals surface area contributed by atoms with Crippen molar-refractivity contribution in [3.8, 4) is 11.6 Å². The second-order valence-corrected chi connectivity index (χ2v) is 3.88. The zero-order valence-electron chi connectivity index (χ0n) is 8.51. The minimum atomic E-state index is 0.304. The fourth-order valence-electron chi connectivity index (χ4n) is 1.13. The van der Waals surface area contributed by atoms with Crippen LogP contribution in [0.25, 0.3) is 0 Å². The van der Waals surface area contributed by atoms with Crippen molar-refractivity contribution < 1.29 is 9.47 Å².